The lowest BCUT2D eigenvalue weighted by Crippen LogP contribution is -2.27. The van der Waals surface area contributed by atoms with Crippen LogP contribution in [0.15, 0.2) is 0 Å². The van der Waals surface area contributed by atoms with Gasteiger partial charge in [-0.25, -0.2) is 0 Å². The highest BCUT2D eigenvalue weighted by atomic mass is 16.5. The van der Waals surface area contributed by atoms with Crippen LogP contribution in [0.1, 0.15) is 33.6 Å². The Balaban J connectivity index is 3.86. The number of hydrogen-bond acceptors (Lipinski definition) is 3. The van der Waals surface area contributed by atoms with Crippen molar-refractivity contribution < 1.29 is 14.6 Å². The minimum Gasteiger partial charge on any atom is -0.465 e. The van der Waals surface area contributed by atoms with Crippen molar-refractivity contribution in [2.24, 2.45) is 5.92 Å². The Kier molecular flexibility index (Phi) is 5.72. The van der Waals surface area contributed by atoms with Gasteiger partial charge in [0, 0.05) is 0 Å². The lowest BCUT2D eigenvalue weighted by Gasteiger charge is -2.15. The third-order valence-electron chi connectivity index (χ3n) is 1.77. The summed E-state index contributed by atoms with van der Waals surface area (Å²) in [6, 6.07) is 0. The molecule has 0 saturated heterocycles. The largest absolute Gasteiger partial charge is 0.465 e. The average Bonchev–Trinajstić information content (AvgIpc) is 2.01. The van der Waals surface area contributed by atoms with Gasteiger partial charge in [-0.1, -0.05) is 13.8 Å². The summed E-state index contributed by atoms with van der Waals surface area (Å²) in [5.74, 6) is -0.647. The van der Waals surface area contributed by atoms with Gasteiger partial charge in [-0.15, -0.1) is 0 Å². The number of carbonyl (C=O) groups excluding carboxylic acids is 1. The third-order valence-corrected chi connectivity index (χ3v) is 1.77. The van der Waals surface area contributed by atoms with Gasteiger partial charge in [-0.3, -0.25) is 4.79 Å². The topological polar surface area (TPSA) is 46.5 Å². The predicted molar refractivity (Wildman–Crippen MR) is 46.7 cm³/mol. The van der Waals surface area contributed by atoms with Crippen molar-refractivity contribution in [3.05, 3.63) is 0 Å². The van der Waals surface area contributed by atoms with E-state index in [1.54, 1.807) is 6.92 Å². The fourth-order valence-corrected chi connectivity index (χ4v) is 1.01. The fourth-order valence-electron chi connectivity index (χ4n) is 1.01. The maximum absolute atomic E-state index is 11.2. The van der Waals surface area contributed by atoms with E-state index in [2.05, 4.69) is 0 Å². The molecule has 0 aliphatic carbocycles. The molecule has 1 N–H and O–H groups in total. The van der Waals surface area contributed by atoms with Crippen LogP contribution in [-0.2, 0) is 9.53 Å². The van der Waals surface area contributed by atoms with Crippen LogP contribution in [0.2, 0.25) is 0 Å². The second kappa shape index (κ2) is 6.00. The van der Waals surface area contributed by atoms with Crippen LogP contribution in [0.5, 0.6) is 0 Å². The number of ether oxygens (including phenoxy) is 1. The lowest BCUT2D eigenvalue weighted by atomic mass is 10.0. The summed E-state index contributed by atoms with van der Waals surface area (Å²) >= 11 is 0. The maximum Gasteiger partial charge on any atom is 0.311 e. The number of carbonyl (C=O) groups is 1. The summed E-state index contributed by atoms with van der Waals surface area (Å²) in [6.45, 7) is 5.87. The molecule has 3 heteroatoms. The summed E-state index contributed by atoms with van der Waals surface area (Å²) in [6.07, 6.45) is 0.835. The van der Waals surface area contributed by atoms with E-state index in [0.717, 1.165) is 6.42 Å². The molecule has 0 aliphatic heterocycles. The zero-order chi connectivity index (χ0) is 9.56. The molecule has 0 aliphatic rings. The molecule has 0 amide bonds. The van der Waals surface area contributed by atoms with E-state index in [9.17, 15) is 9.90 Å². The van der Waals surface area contributed by atoms with Crippen molar-refractivity contribution in [1.29, 1.82) is 0 Å². The molecule has 0 aromatic carbocycles. The molecule has 0 rings (SSSR count). The molecule has 0 spiro atoms. The lowest BCUT2D eigenvalue weighted by molar-refractivity contribution is -0.152. The summed E-state index contributed by atoms with van der Waals surface area (Å²) < 4.78 is 4.91. The number of aliphatic hydroxyl groups excluding tert-OH is 1. The van der Waals surface area contributed by atoms with E-state index >= 15 is 0 Å². The van der Waals surface area contributed by atoms with Crippen LogP contribution in [0.3, 0.4) is 0 Å². The van der Waals surface area contributed by atoms with Crippen molar-refractivity contribution in [3.8, 4) is 0 Å². The van der Waals surface area contributed by atoms with Gasteiger partial charge in [0.25, 0.3) is 0 Å². The van der Waals surface area contributed by atoms with Crippen LogP contribution < -0.4 is 0 Å². The van der Waals surface area contributed by atoms with Crippen LogP contribution in [-0.4, -0.2) is 23.8 Å². The van der Waals surface area contributed by atoms with Gasteiger partial charge < -0.3 is 9.84 Å². The molecule has 3 nitrogen and oxygen atoms in total. The molecule has 2 atom stereocenters. The first-order chi connectivity index (χ1) is 5.63. The molecule has 0 aromatic rings. The number of esters is 1. The second-order valence-corrected chi connectivity index (χ2v) is 2.92. The van der Waals surface area contributed by atoms with E-state index in [1.165, 1.54) is 0 Å². The highest BCUT2D eigenvalue weighted by Gasteiger charge is 2.22. The summed E-state index contributed by atoms with van der Waals surface area (Å²) in [5, 5.41) is 9.18. The SMILES string of the molecule is CCCOC(=O)[C@@H](CC)[C@H](C)O. The zero-order valence-corrected chi connectivity index (χ0v) is 8.04. The van der Waals surface area contributed by atoms with Crippen LogP contribution in [0, 0.1) is 5.92 Å². The Morgan fingerprint density at radius 3 is 2.42 bits per heavy atom. The van der Waals surface area contributed by atoms with Crippen molar-refractivity contribution >= 4 is 5.97 Å². The van der Waals surface area contributed by atoms with Gasteiger partial charge in [0.05, 0.1) is 18.6 Å². The predicted octanol–water partition coefficient (Wildman–Crippen LogP) is 1.35. The normalized spacial score (nSPS) is 15.3. The second-order valence-electron chi connectivity index (χ2n) is 2.92. The van der Waals surface area contributed by atoms with Crippen molar-refractivity contribution in [2.75, 3.05) is 6.61 Å². The molecule has 0 saturated carbocycles. The molecule has 0 aromatic heterocycles. The summed E-state index contributed by atoms with van der Waals surface area (Å²) in [4.78, 5) is 11.2. The number of rotatable bonds is 5. The Morgan fingerprint density at radius 1 is 1.50 bits per heavy atom. The highest BCUT2D eigenvalue weighted by molar-refractivity contribution is 5.72. The van der Waals surface area contributed by atoms with Gasteiger partial charge in [0.15, 0.2) is 0 Å². The first-order valence-corrected chi connectivity index (χ1v) is 4.48. The fraction of sp³-hybridized carbons (Fsp3) is 0.889. The monoisotopic (exact) mass is 174 g/mol. The van der Waals surface area contributed by atoms with E-state index < -0.39 is 6.10 Å². The highest BCUT2D eigenvalue weighted by Crippen LogP contribution is 2.10. The summed E-state index contributed by atoms with van der Waals surface area (Å²) in [5.41, 5.74) is 0. The quantitative estimate of drug-likeness (QED) is 0.640. The standard InChI is InChI=1S/C9H18O3/c1-4-6-12-9(11)8(5-2)7(3)10/h7-8,10H,4-6H2,1-3H3/t7-,8-/m0/s1. The molecule has 12 heavy (non-hydrogen) atoms. The Hall–Kier alpha value is -0.570. The smallest absolute Gasteiger partial charge is 0.311 e. The van der Waals surface area contributed by atoms with Crippen molar-refractivity contribution in [2.45, 2.75) is 39.7 Å². The van der Waals surface area contributed by atoms with E-state index in [-0.39, 0.29) is 11.9 Å². The van der Waals surface area contributed by atoms with E-state index in [1.807, 2.05) is 13.8 Å². The first kappa shape index (κ1) is 11.4. The zero-order valence-electron chi connectivity index (χ0n) is 8.04. The Morgan fingerprint density at radius 2 is 2.08 bits per heavy atom. The van der Waals surface area contributed by atoms with Gasteiger partial charge >= 0.3 is 5.97 Å². The van der Waals surface area contributed by atoms with Crippen molar-refractivity contribution in [3.63, 3.8) is 0 Å². The first-order valence-electron chi connectivity index (χ1n) is 4.48. The van der Waals surface area contributed by atoms with Crippen LogP contribution >= 0.6 is 0 Å². The number of aliphatic hydroxyl groups is 1. The van der Waals surface area contributed by atoms with Gasteiger partial charge in [-0.2, -0.15) is 0 Å². The van der Waals surface area contributed by atoms with E-state index in [0.29, 0.717) is 13.0 Å². The maximum atomic E-state index is 11.2. The van der Waals surface area contributed by atoms with E-state index in [4.69, 9.17) is 4.74 Å². The molecule has 0 unspecified atom stereocenters. The van der Waals surface area contributed by atoms with Crippen LogP contribution in [0.4, 0.5) is 0 Å². The van der Waals surface area contributed by atoms with Gasteiger partial charge in [0.1, 0.15) is 0 Å². The third kappa shape index (κ3) is 3.72. The Bertz CT molecular complexity index is 132. The van der Waals surface area contributed by atoms with Crippen molar-refractivity contribution in [1.82, 2.24) is 0 Å². The number of hydrogen-bond donors (Lipinski definition) is 1. The van der Waals surface area contributed by atoms with Gasteiger partial charge in [-0.05, 0) is 19.8 Å². The minimum absolute atomic E-state index is 0.283. The average molecular weight is 174 g/mol. The van der Waals surface area contributed by atoms with Crippen LogP contribution in [0.25, 0.3) is 0 Å². The molecule has 72 valence electrons. The molecule has 0 heterocycles. The minimum atomic E-state index is -0.612. The molecular formula is C9H18O3. The Labute approximate surface area is 73.7 Å². The van der Waals surface area contributed by atoms with Gasteiger partial charge in [0.2, 0.25) is 0 Å². The molecule has 0 bridgehead atoms. The molecular weight excluding hydrogens is 156 g/mol. The molecule has 0 fully saturated rings. The summed E-state index contributed by atoms with van der Waals surface area (Å²) in [7, 11) is 0. The molecule has 0 radical (unpaired) electrons.